The highest BCUT2D eigenvalue weighted by atomic mass is 19.2. The summed E-state index contributed by atoms with van der Waals surface area (Å²) in [4.78, 5) is 0. The molecule has 0 saturated carbocycles. The first kappa shape index (κ1) is 19.8. The van der Waals surface area contributed by atoms with Crippen LogP contribution in [0.25, 0.3) is 0 Å². The van der Waals surface area contributed by atoms with Gasteiger partial charge in [-0.15, -0.1) is 0 Å². The average Bonchev–Trinajstić information content (AvgIpc) is 3.02. The minimum Gasteiger partial charge on any atom is -0.488 e. The monoisotopic (exact) mass is 375 g/mol. The molecular weight excluding hydrogens is 348 g/mol. The molecule has 0 aromatic heterocycles. The third-order valence-corrected chi connectivity index (χ3v) is 5.10. The van der Waals surface area contributed by atoms with E-state index in [1.54, 1.807) is 0 Å². The molecule has 0 spiro atoms. The number of ether oxygens (including phenoxy) is 1. The fourth-order valence-electron chi connectivity index (χ4n) is 3.82. The Kier molecular flexibility index (Phi) is 6.12. The van der Waals surface area contributed by atoms with Crippen LogP contribution in [0.2, 0.25) is 0 Å². The molecule has 2 aromatic carbocycles. The third-order valence-electron chi connectivity index (χ3n) is 5.10. The molecule has 1 aliphatic rings. The number of rotatable bonds is 8. The summed E-state index contributed by atoms with van der Waals surface area (Å²) in [6.07, 6.45) is 2.36. The van der Waals surface area contributed by atoms with Crippen molar-refractivity contribution in [2.45, 2.75) is 44.8 Å². The molecule has 2 aromatic rings. The Balaban J connectivity index is 1.44. The van der Waals surface area contributed by atoms with Crippen LogP contribution in [0.1, 0.15) is 31.4 Å². The van der Waals surface area contributed by atoms with Crippen LogP contribution in [-0.4, -0.2) is 29.9 Å². The normalized spacial score (nSPS) is 15.6. The van der Waals surface area contributed by atoms with Crippen molar-refractivity contribution in [2.75, 3.05) is 13.2 Å². The van der Waals surface area contributed by atoms with Gasteiger partial charge in [0.05, 0.1) is 0 Å². The van der Waals surface area contributed by atoms with Crippen LogP contribution >= 0.6 is 0 Å². The first-order valence-electron chi connectivity index (χ1n) is 9.41. The Labute approximate surface area is 159 Å². The minimum atomic E-state index is -1.03. The topological polar surface area (TPSA) is 41.5 Å². The van der Waals surface area contributed by atoms with Gasteiger partial charge in [-0.25, -0.2) is 4.39 Å². The summed E-state index contributed by atoms with van der Waals surface area (Å²) in [5, 5.41) is 13.5. The molecule has 5 heteroatoms. The number of aliphatic hydroxyl groups excluding tert-OH is 1. The number of hydrogen-bond acceptors (Lipinski definition) is 3. The van der Waals surface area contributed by atoms with Gasteiger partial charge in [0.1, 0.15) is 12.7 Å². The first-order valence-corrected chi connectivity index (χ1v) is 9.41. The second-order valence-electron chi connectivity index (χ2n) is 8.03. The van der Waals surface area contributed by atoms with Crippen LogP contribution in [0.15, 0.2) is 42.5 Å². The van der Waals surface area contributed by atoms with Crippen LogP contribution in [0.4, 0.5) is 8.78 Å². The number of aliphatic hydroxyl groups is 1. The minimum absolute atomic E-state index is 0.0989. The van der Waals surface area contributed by atoms with Gasteiger partial charge in [0, 0.05) is 12.1 Å². The fraction of sp³-hybridized carbons (Fsp3) is 0.455. The summed E-state index contributed by atoms with van der Waals surface area (Å²) < 4.78 is 32.0. The lowest BCUT2D eigenvalue weighted by atomic mass is 9.88. The maximum Gasteiger partial charge on any atom is 0.200 e. The van der Waals surface area contributed by atoms with E-state index in [1.807, 2.05) is 0 Å². The highest BCUT2D eigenvalue weighted by Crippen LogP contribution is 2.31. The van der Waals surface area contributed by atoms with Gasteiger partial charge >= 0.3 is 0 Å². The molecule has 2 N–H and O–H groups in total. The van der Waals surface area contributed by atoms with Crippen molar-refractivity contribution in [2.24, 2.45) is 5.92 Å². The molecule has 0 amide bonds. The molecule has 3 rings (SSSR count). The summed E-state index contributed by atoms with van der Waals surface area (Å²) in [6.45, 7) is 4.47. The van der Waals surface area contributed by atoms with E-state index in [4.69, 9.17) is 4.74 Å². The third kappa shape index (κ3) is 5.27. The van der Waals surface area contributed by atoms with Crippen LogP contribution in [0.5, 0.6) is 5.75 Å². The van der Waals surface area contributed by atoms with Crippen LogP contribution in [-0.2, 0) is 12.8 Å². The van der Waals surface area contributed by atoms with Crippen molar-refractivity contribution in [3.8, 4) is 5.75 Å². The van der Waals surface area contributed by atoms with E-state index >= 15 is 0 Å². The molecule has 0 heterocycles. The summed E-state index contributed by atoms with van der Waals surface area (Å²) >= 11 is 0. The lowest BCUT2D eigenvalue weighted by Crippen LogP contribution is -2.46. The maximum atomic E-state index is 13.6. The van der Waals surface area contributed by atoms with Crippen LogP contribution in [0, 0.1) is 17.6 Å². The predicted molar refractivity (Wildman–Crippen MR) is 102 cm³/mol. The van der Waals surface area contributed by atoms with E-state index in [-0.39, 0.29) is 17.9 Å². The maximum absolute atomic E-state index is 13.6. The predicted octanol–water partition coefficient (Wildman–Crippen LogP) is 3.88. The number of fused-ring (bicyclic) bond motifs is 1. The Hall–Kier alpha value is -1.98. The van der Waals surface area contributed by atoms with Gasteiger partial charge in [0.25, 0.3) is 0 Å². The van der Waals surface area contributed by atoms with E-state index in [1.165, 1.54) is 23.3 Å². The first-order chi connectivity index (χ1) is 12.8. The number of halogens is 2. The van der Waals surface area contributed by atoms with Crippen molar-refractivity contribution in [3.05, 3.63) is 65.2 Å². The van der Waals surface area contributed by atoms with Crippen LogP contribution < -0.4 is 10.1 Å². The lowest BCUT2D eigenvalue weighted by molar-refractivity contribution is 0.0942. The second kappa shape index (κ2) is 8.36. The van der Waals surface area contributed by atoms with Crippen molar-refractivity contribution in [1.29, 1.82) is 0 Å². The van der Waals surface area contributed by atoms with Crippen molar-refractivity contribution in [3.63, 3.8) is 0 Å². The molecule has 0 aliphatic heterocycles. The summed E-state index contributed by atoms with van der Waals surface area (Å²) in [7, 11) is 0. The fourth-order valence-corrected chi connectivity index (χ4v) is 3.82. The van der Waals surface area contributed by atoms with Crippen molar-refractivity contribution >= 4 is 0 Å². The summed E-state index contributed by atoms with van der Waals surface area (Å²) in [5.74, 6) is -1.59. The molecule has 0 radical (unpaired) electrons. The molecular formula is C22H27F2NO2. The molecule has 3 nitrogen and oxygen atoms in total. The van der Waals surface area contributed by atoms with Crippen molar-refractivity contribution < 1.29 is 18.6 Å². The molecule has 1 atom stereocenters. The smallest absolute Gasteiger partial charge is 0.200 e. The van der Waals surface area contributed by atoms with E-state index < -0.39 is 17.7 Å². The quantitative estimate of drug-likeness (QED) is 0.736. The van der Waals surface area contributed by atoms with Gasteiger partial charge in [-0.2, -0.15) is 4.39 Å². The Morgan fingerprint density at radius 2 is 1.78 bits per heavy atom. The van der Waals surface area contributed by atoms with E-state index in [9.17, 15) is 13.9 Å². The zero-order chi connectivity index (χ0) is 19.4. The van der Waals surface area contributed by atoms with Gasteiger partial charge in [-0.05, 0) is 62.3 Å². The van der Waals surface area contributed by atoms with Gasteiger partial charge in [0.2, 0.25) is 5.82 Å². The summed E-state index contributed by atoms with van der Waals surface area (Å²) in [6, 6.07) is 12.3. The van der Waals surface area contributed by atoms with Gasteiger partial charge in [0.15, 0.2) is 11.6 Å². The lowest BCUT2D eigenvalue weighted by Gasteiger charge is -2.30. The van der Waals surface area contributed by atoms with Gasteiger partial charge < -0.3 is 15.2 Å². The van der Waals surface area contributed by atoms with E-state index in [0.717, 1.165) is 25.3 Å². The SMILES string of the molecule is CC(C)(CC1Cc2ccccc2C1)NC[C@@H](O)COc1cccc(F)c1F. The zero-order valence-electron chi connectivity index (χ0n) is 15.8. The van der Waals surface area contributed by atoms with Gasteiger partial charge in [-0.1, -0.05) is 30.3 Å². The largest absolute Gasteiger partial charge is 0.488 e. The van der Waals surface area contributed by atoms with Crippen molar-refractivity contribution in [1.82, 2.24) is 5.32 Å². The molecule has 1 aliphatic carbocycles. The molecule has 146 valence electrons. The molecule has 0 unspecified atom stereocenters. The highest BCUT2D eigenvalue weighted by Gasteiger charge is 2.28. The van der Waals surface area contributed by atoms with E-state index in [2.05, 4.69) is 43.4 Å². The standard InChI is InChI=1S/C22H27F2NO2/c1-22(2,12-15-10-16-6-3-4-7-17(16)11-15)25-13-18(26)14-27-20-9-5-8-19(23)21(20)24/h3-9,15,18,25-26H,10-14H2,1-2H3/t18-/m1/s1. The number of nitrogens with one attached hydrogen (secondary N) is 1. The number of benzene rings is 2. The molecule has 0 bridgehead atoms. The van der Waals surface area contributed by atoms with Gasteiger partial charge in [-0.3, -0.25) is 0 Å². The molecule has 0 fully saturated rings. The van der Waals surface area contributed by atoms with Crippen LogP contribution in [0.3, 0.4) is 0 Å². The second-order valence-corrected chi connectivity index (χ2v) is 8.03. The Morgan fingerprint density at radius 3 is 2.44 bits per heavy atom. The Bertz CT molecular complexity index is 754. The molecule has 0 saturated heterocycles. The molecule has 27 heavy (non-hydrogen) atoms. The van der Waals surface area contributed by atoms with E-state index in [0.29, 0.717) is 12.5 Å². The zero-order valence-corrected chi connectivity index (χ0v) is 15.8. The summed E-state index contributed by atoms with van der Waals surface area (Å²) in [5.41, 5.74) is 2.73. The number of β-amino-alcohol motifs (C(OH)–C–C–N with tert-alkyl or cyclic N) is 1. The average molecular weight is 375 g/mol. The highest BCUT2D eigenvalue weighted by molar-refractivity contribution is 5.32. The Morgan fingerprint density at radius 1 is 1.11 bits per heavy atom. The number of hydrogen-bond donors (Lipinski definition) is 2.